The van der Waals surface area contributed by atoms with Crippen molar-refractivity contribution in [1.82, 2.24) is 5.32 Å². The summed E-state index contributed by atoms with van der Waals surface area (Å²) in [6, 6.07) is 6.64. The van der Waals surface area contributed by atoms with Gasteiger partial charge in [0.2, 0.25) is 0 Å². The van der Waals surface area contributed by atoms with Crippen molar-refractivity contribution in [2.24, 2.45) is 0 Å². The molecule has 0 radical (unpaired) electrons. The first-order chi connectivity index (χ1) is 8.47. The molecule has 1 fully saturated rings. The van der Waals surface area contributed by atoms with E-state index in [1.165, 1.54) is 18.4 Å². The first kappa shape index (κ1) is 13.7. The summed E-state index contributed by atoms with van der Waals surface area (Å²) >= 11 is 0. The maximum Gasteiger partial charge on any atom is 0.175 e. The van der Waals surface area contributed by atoms with Gasteiger partial charge in [-0.05, 0) is 43.7 Å². The predicted octanol–water partition coefficient (Wildman–Crippen LogP) is 0.950. The second kappa shape index (κ2) is 5.50. The van der Waals surface area contributed by atoms with Gasteiger partial charge >= 0.3 is 0 Å². The molecule has 1 N–H and O–H groups in total. The number of nitrogens with one attached hydrogen (secondary N) is 1. The van der Waals surface area contributed by atoms with E-state index in [1.807, 2.05) is 0 Å². The Labute approximate surface area is 110 Å². The zero-order chi connectivity index (χ0) is 13.2. The topological polar surface area (TPSA) is 63.2 Å². The lowest BCUT2D eigenvalue weighted by Crippen LogP contribution is -2.27. The van der Waals surface area contributed by atoms with Crippen LogP contribution in [0.15, 0.2) is 34.1 Å². The van der Waals surface area contributed by atoms with Crippen molar-refractivity contribution in [3.8, 4) is 0 Å². The Hall–Kier alpha value is -0.720. The summed E-state index contributed by atoms with van der Waals surface area (Å²) in [4.78, 5) is 0.957. The van der Waals surface area contributed by atoms with E-state index in [0.717, 1.165) is 19.4 Å². The Morgan fingerprint density at radius 3 is 2.50 bits per heavy atom. The standard InChI is InChI=1S/C12H17NO3S2/c1-18(15,16)12-6-4-11(5-7-12)17(14)9-10-3-2-8-13-10/h4-7,10,13H,2-3,8-9H2,1H3/t10-,17?/m1/s1. The molecule has 0 bridgehead atoms. The summed E-state index contributed by atoms with van der Waals surface area (Å²) in [7, 11) is -4.24. The van der Waals surface area contributed by atoms with Crippen molar-refractivity contribution in [3.63, 3.8) is 0 Å². The van der Waals surface area contributed by atoms with E-state index in [-0.39, 0.29) is 4.90 Å². The molecular weight excluding hydrogens is 270 g/mol. The molecule has 1 aromatic rings. The maximum absolute atomic E-state index is 12.1. The Balaban J connectivity index is 2.07. The van der Waals surface area contributed by atoms with Crippen LogP contribution in [-0.4, -0.2) is 37.2 Å². The van der Waals surface area contributed by atoms with Gasteiger partial charge in [0, 0.05) is 22.9 Å². The molecule has 0 aliphatic carbocycles. The molecule has 1 aliphatic rings. The monoisotopic (exact) mass is 287 g/mol. The van der Waals surface area contributed by atoms with Crippen molar-refractivity contribution >= 4 is 20.6 Å². The van der Waals surface area contributed by atoms with Crippen molar-refractivity contribution in [2.75, 3.05) is 18.6 Å². The summed E-state index contributed by atoms with van der Waals surface area (Å²) in [5, 5.41) is 3.30. The van der Waals surface area contributed by atoms with Gasteiger partial charge < -0.3 is 5.32 Å². The quantitative estimate of drug-likeness (QED) is 0.895. The van der Waals surface area contributed by atoms with Gasteiger partial charge in [-0.2, -0.15) is 0 Å². The average Bonchev–Trinajstić information content (AvgIpc) is 2.81. The van der Waals surface area contributed by atoms with Gasteiger partial charge in [-0.25, -0.2) is 8.42 Å². The molecule has 0 amide bonds. The lowest BCUT2D eigenvalue weighted by molar-refractivity contribution is 0.601. The minimum atomic E-state index is -3.18. The predicted molar refractivity (Wildman–Crippen MR) is 71.9 cm³/mol. The highest BCUT2D eigenvalue weighted by Crippen LogP contribution is 2.15. The van der Waals surface area contributed by atoms with Gasteiger partial charge in [-0.15, -0.1) is 0 Å². The van der Waals surface area contributed by atoms with Gasteiger partial charge in [0.15, 0.2) is 9.84 Å². The van der Waals surface area contributed by atoms with Crippen LogP contribution in [0.1, 0.15) is 12.8 Å². The molecule has 0 saturated carbocycles. The fourth-order valence-electron chi connectivity index (χ4n) is 2.02. The minimum absolute atomic E-state index is 0.266. The van der Waals surface area contributed by atoms with Crippen LogP contribution in [0.5, 0.6) is 0 Å². The third-order valence-corrected chi connectivity index (χ3v) is 5.66. The van der Waals surface area contributed by atoms with Crippen LogP contribution < -0.4 is 5.32 Å². The smallest absolute Gasteiger partial charge is 0.175 e. The third-order valence-electron chi connectivity index (χ3n) is 3.03. The first-order valence-corrected chi connectivity index (χ1v) is 9.10. The first-order valence-electron chi connectivity index (χ1n) is 5.89. The molecule has 1 aliphatic heterocycles. The minimum Gasteiger partial charge on any atom is -0.313 e. The van der Waals surface area contributed by atoms with Crippen LogP contribution in [0.2, 0.25) is 0 Å². The lowest BCUT2D eigenvalue weighted by atomic mass is 10.3. The Kier molecular flexibility index (Phi) is 4.19. The van der Waals surface area contributed by atoms with E-state index >= 15 is 0 Å². The zero-order valence-electron chi connectivity index (χ0n) is 10.3. The van der Waals surface area contributed by atoms with Crippen molar-refractivity contribution in [1.29, 1.82) is 0 Å². The molecule has 100 valence electrons. The Bertz CT molecular complexity index is 531. The van der Waals surface area contributed by atoms with E-state index in [0.29, 0.717) is 16.7 Å². The fourth-order valence-corrected chi connectivity index (χ4v) is 3.93. The molecule has 1 heterocycles. The van der Waals surface area contributed by atoms with E-state index in [2.05, 4.69) is 5.32 Å². The highest BCUT2D eigenvalue weighted by molar-refractivity contribution is 7.90. The van der Waals surface area contributed by atoms with Gasteiger partial charge in [0.25, 0.3) is 0 Å². The van der Waals surface area contributed by atoms with E-state index in [9.17, 15) is 12.6 Å². The largest absolute Gasteiger partial charge is 0.313 e. The number of hydrogen-bond acceptors (Lipinski definition) is 4. The molecular formula is C12H17NO3S2. The van der Waals surface area contributed by atoms with E-state index in [1.54, 1.807) is 12.1 Å². The highest BCUT2D eigenvalue weighted by atomic mass is 32.2. The van der Waals surface area contributed by atoms with Gasteiger partial charge in [-0.1, -0.05) is 0 Å². The highest BCUT2D eigenvalue weighted by Gasteiger charge is 2.18. The molecule has 1 aromatic carbocycles. The van der Waals surface area contributed by atoms with Crippen molar-refractivity contribution < 1.29 is 12.6 Å². The van der Waals surface area contributed by atoms with Crippen molar-refractivity contribution in [3.05, 3.63) is 24.3 Å². The molecule has 2 rings (SSSR count). The Morgan fingerprint density at radius 2 is 2.00 bits per heavy atom. The number of hydrogen-bond donors (Lipinski definition) is 1. The van der Waals surface area contributed by atoms with Crippen LogP contribution in [0.25, 0.3) is 0 Å². The van der Waals surface area contributed by atoms with Crippen LogP contribution >= 0.6 is 0 Å². The molecule has 1 unspecified atom stereocenters. The normalized spacial score (nSPS) is 21.9. The lowest BCUT2D eigenvalue weighted by Gasteiger charge is -2.09. The van der Waals surface area contributed by atoms with Gasteiger partial charge in [0.1, 0.15) is 0 Å². The molecule has 18 heavy (non-hydrogen) atoms. The van der Waals surface area contributed by atoms with Crippen LogP contribution in [-0.2, 0) is 20.6 Å². The Morgan fingerprint density at radius 1 is 1.33 bits per heavy atom. The molecule has 2 atom stereocenters. The number of rotatable bonds is 4. The molecule has 0 aromatic heterocycles. The van der Waals surface area contributed by atoms with E-state index < -0.39 is 20.6 Å². The van der Waals surface area contributed by atoms with Gasteiger partial charge in [-0.3, -0.25) is 4.21 Å². The molecule has 1 saturated heterocycles. The molecule has 6 heteroatoms. The summed E-state index contributed by atoms with van der Waals surface area (Å²) in [6.07, 6.45) is 3.36. The second-order valence-electron chi connectivity index (χ2n) is 4.55. The van der Waals surface area contributed by atoms with Gasteiger partial charge in [0.05, 0.1) is 15.7 Å². The van der Waals surface area contributed by atoms with Crippen LogP contribution in [0.3, 0.4) is 0 Å². The van der Waals surface area contributed by atoms with Crippen molar-refractivity contribution in [2.45, 2.75) is 28.7 Å². The average molecular weight is 287 g/mol. The zero-order valence-corrected chi connectivity index (χ0v) is 11.9. The number of benzene rings is 1. The molecule has 4 nitrogen and oxygen atoms in total. The fraction of sp³-hybridized carbons (Fsp3) is 0.500. The molecule has 0 spiro atoms. The van der Waals surface area contributed by atoms with Crippen LogP contribution in [0.4, 0.5) is 0 Å². The third kappa shape index (κ3) is 3.40. The summed E-state index contributed by atoms with van der Waals surface area (Å²) in [5.41, 5.74) is 0. The maximum atomic E-state index is 12.1. The second-order valence-corrected chi connectivity index (χ2v) is 8.06. The summed E-state index contributed by atoms with van der Waals surface area (Å²) in [5.74, 6) is 0.595. The summed E-state index contributed by atoms with van der Waals surface area (Å²) in [6.45, 7) is 0.995. The summed E-state index contributed by atoms with van der Waals surface area (Å²) < 4.78 is 34.7. The number of sulfone groups is 1. The van der Waals surface area contributed by atoms with Crippen LogP contribution in [0, 0.1) is 0 Å². The van der Waals surface area contributed by atoms with E-state index in [4.69, 9.17) is 0 Å². The SMILES string of the molecule is CS(=O)(=O)c1ccc(S(=O)C[C@H]2CCCN2)cc1.